The molecule has 17 heavy (non-hydrogen) atoms. The lowest BCUT2D eigenvalue weighted by atomic mass is 9.94. The molecule has 1 aliphatic carbocycles. The molecule has 2 rings (SSSR count). The van der Waals surface area contributed by atoms with E-state index in [0.29, 0.717) is 0 Å². The van der Waals surface area contributed by atoms with Crippen LogP contribution in [0.3, 0.4) is 0 Å². The first-order valence-electron chi connectivity index (χ1n) is 5.31. The summed E-state index contributed by atoms with van der Waals surface area (Å²) in [6.07, 6.45) is 6.57. The minimum absolute atomic E-state index is 0.0880. The number of aromatic hydroxyl groups is 2. The van der Waals surface area contributed by atoms with Gasteiger partial charge in [-0.25, -0.2) is 0 Å². The van der Waals surface area contributed by atoms with E-state index in [0.717, 1.165) is 12.1 Å². The largest absolute Gasteiger partial charge is 0.508 e. The fourth-order valence-electron chi connectivity index (χ4n) is 1.25. The Kier molecular flexibility index (Phi) is 4.17. The zero-order valence-corrected chi connectivity index (χ0v) is 9.80. The van der Waals surface area contributed by atoms with Gasteiger partial charge >= 0.3 is 0 Å². The Bertz CT molecular complexity index is 420. The molecule has 0 aliphatic heterocycles. The maximum Gasteiger partial charge on any atom is 0.119 e. The summed E-state index contributed by atoms with van der Waals surface area (Å²) in [4.78, 5) is 0. The Labute approximate surface area is 101 Å². The molecule has 0 heterocycles. The van der Waals surface area contributed by atoms with Crippen LogP contribution in [-0.2, 0) is 0 Å². The van der Waals surface area contributed by atoms with Gasteiger partial charge in [0.05, 0.1) is 0 Å². The van der Waals surface area contributed by atoms with Crippen LogP contribution >= 0.6 is 0 Å². The van der Waals surface area contributed by atoms with E-state index in [2.05, 4.69) is 0 Å². The monoisotopic (exact) mass is 234 g/mol. The van der Waals surface area contributed by atoms with Crippen LogP contribution in [0.4, 0.5) is 0 Å². The van der Waals surface area contributed by atoms with Crippen molar-refractivity contribution in [1.29, 1.82) is 0 Å². The molecule has 92 valence electrons. The van der Waals surface area contributed by atoms with Crippen molar-refractivity contribution >= 4 is 0 Å². The van der Waals surface area contributed by atoms with Crippen molar-refractivity contribution in [2.75, 3.05) is 0 Å². The zero-order chi connectivity index (χ0) is 12.9. The molecular formula is C13H18N2O2. The molecule has 6 N–H and O–H groups in total. The van der Waals surface area contributed by atoms with Gasteiger partial charge in [0.15, 0.2) is 0 Å². The van der Waals surface area contributed by atoms with E-state index >= 15 is 0 Å². The summed E-state index contributed by atoms with van der Waals surface area (Å²) >= 11 is 0. The van der Waals surface area contributed by atoms with Gasteiger partial charge in [0.25, 0.3) is 0 Å². The molecule has 0 fully saturated rings. The number of hydrogen-bond acceptors (Lipinski definition) is 4. The lowest BCUT2D eigenvalue weighted by Crippen LogP contribution is -2.34. The number of benzene rings is 1. The van der Waals surface area contributed by atoms with Crippen molar-refractivity contribution in [2.24, 2.45) is 11.5 Å². The number of nitrogens with two attached hydrogens (primary N) is 2. The summed E-state index contributed by atoms with van der Waals surface area (Å²) in [7, 11) is 0. The molecule has 0 saturated heterocycles. The predicted molar refractivity (Wildman–Crippen MR) is 68.4 cm³/mol. The highest BCUT2D eigenvalue weighted by Crippen LogP contribution is 2.15. The molecule has 0 saturated carbocycles. The van der Waals surface area contributed by atoms with Gasteiger partial charge in [-0.05, 0) is 31.6 Å². The highest BCUT2D eigenvalue weighted by molar-refractivity contribution is 5.30. The highest BCUT2D eigenvalue weighted by Gasteiger charge is 2.14. The number of allylic oxidation sites excluding steroid dienone is 1. The molecule has 1 atom stereocenters. The smallest absolute Gasteiger partial charge is 0.119 e. The third kappa shape index (κ3) is 5.08. The van der Waals surface area contributed by atoms with Crippen molar-refractivity contribution < 1.29 is 10.2 Å². The predicted octanol–water partition coefficient (Wildman–Crippen LogP) is 1.60. The van der Waals surface area contributed by atoms with Crippen LogP contribution in [-0.4, -0.2) is 15.8 Å². The average Bonchev–Trinajstić information content (AvgIpc) is 2.23. The fourth-order valence-corrected chi connectivity index (χ4v) is 1.25. The topological polar surface area (TPSA) is 92.5 Å². The molecule has 4 heteroatoms. The first-order chi connectivity index (χ1) is 7.89. The summed E-state index contributed by atoms with van der Waals surface area (Å²) in [5.74, 6) is 0.176. The second-order valence-electron chi connectivity index (χ2n) is 4.27. The fraction of sp³-hybridized carbons (Fsp3) is 0.231. The van der Waals surface area contributed by atoms with Gasteiger partial charge in [0, 0.05) is 17.3 Å². The zero-order valence-electron chi connectivity index (χ0n) is 9.80. The molecule has 4 nitrogen and oxygen atoms in total. The van der Waals surface area contributed by atoms with Crippen LogP contribution < -0.4 is 11.5 Å². The van der Waals surface area contributed by atoms with Gasteiger partial charge in [-0.15, -0.1) is 0 Å². The molecule has 1 aromatic carbocycles. The van der Waals surface area contributed by atoms with Gasteiger partial charge in [0.1, 0.15) is 11.5 Å². The normalized spacial score (nSPS) is 22.4. The molecule has 0 aromatic heterocycles. The maximum atomic E-state index is 8.65. The second-order valence-corrected chi connectivity index (χ2v) is 4.27. The Balaban J connectivity index is 0.000000171. The molecule has 1 unspecified atom stereocenters. The van der Waals surface area contributed by atoms with E-state index in [4.69, 9.17) is 21.7 Å². The minimum Gasteiger partial charge on any atom is -0.508 e. The van der Waals surface area contributed by atoms with Gasteiger partial charge in [-0.2, -0.15) is 0 Å². The van der Waals surface area contributed by atoms with Gasteiger partial charge in [-0.1, -0.05) is 18.2 Å². The van der Waals surface area contributed by atoms with Gasteiger partial charge in [0.2, 0.25) is 0 Å². The lowest BCUT2D eigenvalue weighted by molar-refractivity contribution is 0.450. The van der Waals surface area contributed by atoms with Crippen LogP contribution in [0.15, 0.2) is 48.2 Å². The Morgan fingerprint density at radius 1 is 1.24 bits per heavy atom. The quantitative estimate of drug-likeness (QED) is 0.548. The highest BCUT2D eigenvalue weighted by atomic mass is 16.3. The standard InChI is InChI=1S/C7H12N2.C6H6O2/c1-7(9)4-2-6(8)3-5-7;7-5-2-1-3-6(8)4-5/h2-4H,5,8-9H2,1H3;1-4,7-8H. The summed E-state index contributed by atoms with van der Waals surface area (Å²) in [5, 5.41) is 17.3. The maximum absolute atomic E-state index is 8.65. The van der Waals surface area contributed by atoms with Crippen LogP contribution in [0, 0.1) is 0 Å². The van der Waals surface area contributed by atoms with Crippen LogP contribution in [0.2, 0.25) is 0 Å². The van der Waals surface area contributed by atoms with E-state index in [1.165, 1.54) is 18.2 Å². The van der Waals surface area contributed by atoms with Crippen molar-refractivity contribution in [2.45, 2.75) is 18.9 Å². The summed E-state index contributed by atoms with van der Waals surface area (Å²) < 4.78 is 0. The Morgan fingerprint density at radius 3 is 2.12 bits per heavy atom. The third-order valence-corrected chi connectivity index (χ3v) is 2.26. The molecule has 0 radical (unpaired) electrons. The number of rotatable bonds is 0. The van der Waals surface area contributed by atoms with Gasteiger partial charge < -0.3 is 21.7 Å². The number of phenolic OH excluding ortho intramolecular Hbond substituents is 2. The Hall–Kier alpha value is -1.94. The molecule has 0 spiro atoms. The van der Waals surface area contributed by atoms with E-state index < -0.39 is 0 Å². The third-order valence-electron chi connectivity index (χ3n) is 2.26. The molecule has 0 amide bonds. The number of phenols is 2. The molecule has 1 aromatic rings. The first kappa shape index (κ1) is 13.1. The summed E-state index contributed by atoms with van der Waals surface area (Å²) in [6, 6.07) is 5.85. The van der Waals surface area contributed by atoms with Crippen molar-refractivity contribution in [1.82, 2.24) is 0 Å². The lowest BCUT2D eigenvalue weighted by Gasteiger charge is -2.21. The van der Waals surface area contributed by atoms with E-state index in [-0.39, 0.29) is 17.0 Å². The van der Waals surface area contributed by atoms with E-state index in [9.17, 15) is 0 Å². The number of hydrogen-bond donors (Lipinski definition) is 4. The minimum atomic E-state index is -0.178. The average molecular weight is 234 g/mol. The first-order valence-corrected chi connectivity index (χ1v) is 5.31. The van der Waals surface area contributed by atoms with Crippen molar-refractivity contribution in [3.63, 3.8) is 0 Å². The molecule has 1 aliphatic rings. The van der Waals surface area contributed by atoms with E-state index in [1.807, 2.05) is 25.2 Å². The SMILES string of the molecule is CC1(N)C=CC(N)=CC1.Oc1cccc(O)c1. The van der Waals surface area contributed by atoms with Crippen LogP contribution in [0.5, 0.6) is 11.5 Å². The van der Waals surface area contributed by atoms with Gasteiger partial charge in [-0.3, -0.25) is 0 Å². The van der Waals surface area contributed by atoms with Crippen molar-refractivity contribution in [3.8, 4) is 11.5 Å². The van der Waals surface area contributed by atoms with E-state index in [1.54, 1.807) is 6.07 Å². The Morgan fingerprint density at radius 2 is 1.82 bits per heavy atom. The van der Waals surface area contributed by atoms with Crippen LogP contribution in [0.25, 0.3) is 0 Å². The molecule has 0 bridgehead atoms. The van der Waals surface area contributed by atoms with Crippen LogP contribution in [0.1, 0.15) is 13.3 Å². The second kappa shape index (κ2) is 5.41. The summed E-state index contributed by atoms with van der Waals surface area (Å²) in [5.41, 5.74) is 11.9. The summed E-state index contributed by atoms with van der Waals surface area (Å²) in [6.45, 7) is 1.98. The molecular weight excluding hydrogens is 216 g/mol. The van der Waals surface area contributed by atoms with Crippen molar-refractivity contribution in [3.05, 3.63) is 48.2 Å².